The number of allylic oxidation sites excluding steroid dienone is 1. The zero-order valence-electron chi connectivity index (χ0n) is 14.1. The third-order valence-electron chi connectivity index (χ3n) is 3.73. The minimum atomic E-state index is -0.346. The van der Waals surface area contributed by atoms with Crippen LogP contribution in [-0.2, 0) is 6.54 Å². The largest absolute Gasteiger partial charge is 0.496 e. The van der Waals surface area contributed by atoms with Crippen LogP contribution < -0.4 is 14.3 Å². The third-order valence-corrected chi connectivity index (χ3v) is 4.77. The van der Waals surface area contributed by atoms with E-state index in [1.54, 1.807) is 31.4 Å². The second-order valence-corrected chi connectivity index (χ2v) is 6.22. The molecule has 2 aromatic carbocycles. The molecule has 0 saturated heterocycles. The monoisotopic (exact) mass is 354 g/mol. The Hall–Kier alpha value is -2.86. The second kappa shape index (κ2) is 7.36. The van der Waals surface area contributed by atoms with Crippen LogP contribution in [0.15, 0.2) is 60.1 Å². The Labute approximate surface area is 149 Å². The van der Waals surface area contributed by atoms with Gasteiger partial charge in [0.15, 0.2) is 4.80 Å². The number of rotatable bonds is 5. The van der Waals surface area contributed by atoms with E-state index in [2.05, 4.69) is 11.6 Å². The van der Waals surface area contributed by atoms with Gasteiger partial charge in [-0.15, -0.1) is 6.58 Å². The Bertz CT molecular complexity index is 1000. The molecule has 0 atom stereocenters. The summed E-state index contributed by atoms with van der Waals surface area (Å²) in [7, 11) is 3.16. The quantitative estimate of drug-likeness (QED) is 0.657. The van der Waals surface area contributed by atoms with Crippen LogP contribution in [0.2, 0.25) is 0 Å². The van der Waals surface area contributed by atoms with Crippen molar-refractivity contribution in [3.63, 3.8) is 0 Å². The van der Waals surface area contributed by atoms with Gasteiger partial charge in [0.1, 0.15) is 17.0 Å². The van der Waals surface area contributed by atoms with E-state index >= 15 is 0 Å². The number of benzene rings is 2. The summed E-state index contributed by atoms with van der Waals surface area (Å²) in [6.45, 7) is 4.33. The fourth-order valence-electron chi connectivity index (χ4n) is 2.61. The molecule has 0 unspecified atom stereocenters. The Balaban J connectivity index is 2.20. The highest BCUT2D eigenvalue weighted by Crippen LogP contribution is 2.27. The number of methoxy groups -OCH3 is 2. The van der Waals surface area contributed by atoms with Crippen LogP contribution in [0.1, 0.15) is 10.4 Å². The highest BCUT2D eigenvalue weighted by Gasteiger charge is 2.14. The van der Waals surface area contributed by atoms with Crippen molar-refractivity contribution in [1.82, 2.24) is 4.57 Å². The lowest BCUT2D eigenvalue weighted by molar-refractivity contribution is 0.0995. The maximum absolute atomic E-state index is 12.7. The Morgan fingerprint density at radius 2 is 1.88 bits per heavy atom. The number of carbonyl (C=O) groups excluding carboxylic acids is 1. The van der Waals surface area contributed by atoms with Crippen molar-refractivity contribution in [2.75, 3.05) is 14.2 Å². The summed E-state index contributed by atoms with van der Waals surface area (Å²) in [4.78, 5) is 17.6. The van der Waals surface area contributed by atoms with Crippen molar-refractivity contribution in [1.29, 1.82) is 0 Å². The molecule has 1 heterocycles. The Morgan fingerprint density at radius 3 is 2.60 bits per heavy atom. The molecule has 0 aliphatic carbocycles. The van der Waals surface area contributed by atoms with Gasteiger partial charge in [-0.05, 0) is 24.3 Å². The van der Waals surface area contributed by atoms with E-state index < -0.39 is 0 Å². The first kappa shape index (κ1) is 17.0. The predicted octanol–water partition coefficient (Wildman–Crippen LogP) is 3.65. The lowest BCUT2D eigenvalue weighted by Crippen LogP contribution is -2.16. The number of carbonyl (C=O) groups is 1. The van der Waals surface area contributed by atoms with Gasteiger partial charge in [0.05, 0.1) is 24.5 Å². The highest BCUT2D eigenvalue weighted by atomic mass is 32.1. The van der Waals surface area contributed by atoms with E-state index in [1.807, 2.05) is 28.8 Å². The second-order valence-electron chi connectivity index (χ2n) is 5.21. The molecule has 128 valence electrons. The number of hydrogen-bond acceptors (Lipinski definition) is 4. The van der Waals surface area contributed by atoms with E-state index in [0.717, 1.165) is 16.0 Å². The maximum atomic E-state index is 12.7. The molecule has 1 amide bonds. The van der Waals surface area contributed by atoms with Gasteiger partial charge in [-0.1, -0.05) is 35.6 Å². The van der Waals surface area contributed by atoms with Crippen LogP contribution in [0.4, 0.5) is 0 Å². The number of para-hydroxylation sites is 2. The number of amides is 1. The molecule has 0 radical (unpaired) electrons. The first-order valence-corrected chi connectivity index (χ1v) is 8.50. The van der Waals surface area contributed by atoms with Crippen molar-refractivity contribution in [3.8, 4) is 11.5 Å². The number of nitrogens with zero attached hydrogens (tertiary/aromatic N) is 2. The average Bonchev–Trinajstić information content (AvgIpc) is 2.99. The van der Waals surface area contributed by atoms with Crippen LogP contribution in [0.3, 0.4) is 0 Å². The average molecular weight is 354 g/mol. The normalized spacial score (nSPS) is 11.5. The van der Waals surface area contributed by atoms with Gasteiger partial charge in [-0.3, -0.25) is 4.79 Å². The van der Waals surface area contributed by atoms with Crippen molar-refractivity contribution in [3.05, 3.63) is 65.5 Å². The van der Waals surface area contributed by atoms with Crippen LogP contribution >= 0.6 is 11.3 Å². The maximum Gasteiger partial charge on any atom is 0.283 e. The van der Waals surface area contributed by atoms with Crippen molar-refractivity contribution < 1.29 is 14.3 Å². The molecule has 0 fully saturated rings. The van der Waals surface area contributed by atoms with Gasteiger partial charge in [-0.2, -0.15) is 4.99 Å². The molecule has 0 N–H and O–H groups in total. The number of hydrogen-bond donors (Lipinski definition) is 0. The third kappa shape index (κ3) is 3.21. The molecule has 3 rings (SSSR count). The number of fused-ring (bicyclic) bond motifs is 1. The standard InChI is InChI=1S/C19H18N2O3S/c1-4-12-21-17-15(24-3)10-7-11-16(17)25-19(21)20-18(22)13-8-5-6-9-14(13)23-2/h4-11H,1,12H2,2-3H3. The molecule has 3 aromatic rings. The summed E-state index contributed by atoms with van der Waals surface area (Å²) in [5.74, 6) is 0.896. The number of aromatic nitrogens is 1. The summed E-state index contributed by atoms with van der Waals surface area (Å²) in [6, 6.07) is 12.8. The van der Waals surface area contributed by atoms with E-state index in [1.165, 1.54) is 18.4 Å². The molecule has 0 aliphatic heterocycles. The van der Waals surface area contributed by atoms with Crippen LogP contribution in [0, 0.1) is 0 Å². The molecular formula is C19H18N2O3S. The molecule has 0 bridgehead atoms. The number of thiazole rings is 1. The lowest BCUT2D eigenvalue weighted by atomic mass is 10.2. The van der Waals surface area contributed by atoms with Gasteiger partial charge >= 0.3 is 0 Å². The van der Waals surface area contributed by atoms with E-state index in [9.17, 15) is 4.79 Å². The van der Waals surface area contributed by atoms with Gasteiger partial charge in [0.25, 0.3) is 5.91 Å². The minimum Gasteiger partial charge on any atom is -0.496 e. The minimum absolute atomic E-state index is 0.346. The molecule has 5 nitrogen and oxygen atoms in total. The van der Waals surface area contributed by atoms with Gasteiger partial charge in [-0.25, -0.2) is 0 Å². The van der Waals surface area contributed by atoms with Crippen LogP contribution in [0.5, 0.6) is 11.5 Å². The van der Waals surface area contributed by atoms with E-state index in [-0.39, 0.29) is 5.91 Å². The Kier molecular flexibility index (Phi) is 5.00. The molecule has 25 heavy (non-hydrogen) atoms. The topological polar surface area (TPSA) is 52.8 Å². The molecule has 6 heteroatoms. The van der Waals surface area contributed by atoms with Crippen molar-refractivity contribution in [2.24, 2.45) is 4.99 Å². The van der Waals surface area contributed by atoms with E-state index in [0.29, 0.717) is 22.7 Å². The van der Waals surface area contributed by atoms with Crippen LogP contribution in [-0.4, -0.2) is 24.7 Å². The first-order valence-electron chi connectivity index (χ1n) is 7.69. The SMILES string of the molecule is C=CCn1c(=NC(=O)c2ccccc2OC)sc2cccc(OC)c21. The van der Waals surface area contributed by atoms with Gasteiger partial charge < -0.3 is 14.0 Å². The zero-order chi connectivity index (χ0) is 17.8. The fraction of sp³-hybridized carbons (Fsp3) is 0.158. The van der Waals surface area contributed by atoms with Crippen molar-refractivity contribution in [2.45, 2.75) is 6.54 Å². The first-order chi connectivity index (χ1) is 12.2. The molecular weight excluding hydrogens is 336 g/mol. The molecule has 1 aromatic heterocycles. The smallest absolute Gasteiger partial charge is 0.283 e. The summed E-state index contributed by atoms with van der Waals surface area (Å²) in [6.07, 6.45) is 1.77. The zero-order valence-corrected chi connectivity index (χ0v) is 14.9. The Morgan fingerprint density at radius 1 is 1.16 bits per heavy atom. The summed E-state index contributed by atoms with van der Waals surface area (Å²) >= 11 is 1.44. The lowest BCUT2D eigenvalue weighted by Gasteiger charge is -2.06. The van der Waals surface area contributed by atoms with Gasteiger partial charge in [0, 0.05) is 6.54 Å². The van der Waals surface area contributed by atoms with Gasteiger partial charge in [0.2, 0.25) is 0 Å². The summed E-state index contributed by atoms with van der Waals surface area (Å²) in [5, 5.41) is 0. The molecule has 0 saturated carbocycles. The van der Waals surface area contributed by atoms with Crippen molar-refractivity contribution >= 4 is 27.5 Å². The highest BCUT2D eigenvalue weighted by molar-refractivity contribution is 7.16. The molecule has 0 spiro atoms. The summed E-state index contributed by atoms with van der Waals surface area (Å²) < 4.78 is 13.6. The number of ether oxygens (including phenoxy) is 2. The summed E-state index contributed by atoms with van der Waals surface area (Å²) in [5.41, 5.74) is 1.33. The fourth-order valence-corrected chi connectivity index (χ4v) is 3.67. The molecule has 0 aliphatic rings. The van der Waals surface area contributed by atoms with Crippen LogP contribution in [0.25, 0.3) is 10.2 Å². The van der Waals surface area contributed by atoms with E-state index in [4.69, 9.17) is 9.47 Å². The predicted molar refractivity (Wildman–Crippen MR) is 99.5 cm³/mol.